The van der Waals surface area contributed by atoms with E-state index in [1.54, 1.807) is 18.6 Å². The predicted molar refractivity (Wildman–Crippen MR) is 57.0 cm³/mol. The Labute approximate surface area is 92.9 Å². The van der Waals surface area contributed by atoms with Crippen LogP contribution < -0.4 is 5.32 Å². The number of halogens is 1. The van der Waals surface area contributed by atoms with Crippen molar-refractivity contribution in [3.63, 3.8) is 0 Å². The molecule has 0 aliphatic carbocycles. The molecule has 0 bridgehead atoms. The summed E-state index contributed by atoms with van der Waals surface area (Å²) in [5.41, 5.74) is 0. The van der Waals surface area contributed by atoms with Gasteiger partial charge in [0.05, 0.1) is 22.1 Å². The maximum absolute atomic E-state index is 4.07. The van der Waals surface area contributed by atoms with Gasteiger partial charge in [0, 0.05) is 12.4 Å². The highest BCUT2D eigenvalue weighted by atomic mass is 79.9. The van der Waals surface area contributed by atoms with Gasteiger partial charge >= 0.3 is 0 Å². The second-order valence-electron chi connectivity index (χ2n) is 2.46. The average molecular weight is 272 g/mol. The highest BCUT2D eigenvalue weighted by molar-refractivity contribution is 9.10. The maximum atomic E-state index is 4.07. The molecule has 2 aromatic heterocycles. The first kappa shape index (κ1) is 9.47. The number of hydrogen-bond acceptors (Lipinski definition) is 6. The smallest absolute Gasteiger partial charge is 0.222 e. The number of anilines is 1. The molecule has 0 atom stereocenters. The molecule has 2 aromatic rings. The first-order chi connectivity index (χ1) is 6.84. The summed E-state index contributed by atoms with van der Waals surface area (Å²) in [5, 5.41) is 6.79. The summed E-state index contributed by atoms with van der Waals surface area (Å²) in [5.74, 6) is 0.599. The molecule has 0 amide bonds. The van der Waals surface area contributed by atoms with Crippen LogP contribution in [0.1, 0.15) is 4.88 Å². The van der Waals surface area contributed by atoms with Crippen LogP contribution in [0.5, 0.6) is 0 Å². The zero-order valence-corrected chi connectivity index (χ0v) is 9.42. The van der Waals surface area contributed by atoms with Crippen LogP contribution in [0.4, 0.5) is 5.95 Å². The van der Waals surface area contributed by atoms with Gasteiger partial charge in [-0.1, -0.05) is 4.49 Å². The van der Waals surface area contributed by atoms with Crippen molar-refractivity contribution in [2.45, 2.75) is 6.54 Å². The van der Waals surface area contributed by atoms with E-state index in [2.05, 4.69) is 40.8 Å². The third kappa shape index (κ3) is 2.46. The second kappa shape index (κ2) is 4.43. The van der Waals surface area contributed by atoms with E-state index in [0.717, 1.165) is 9.35 Å². The summed E-state index contributed by atoms with van der Waals surface area (Å²) in [6.45, 7) is 0.652. The Bertz CT molecular complexity index is 387. The second-order valence-corrected chi connectivity index (χ2v) is 4.25. The van der Waals surface area contributed by atoms with Crippen molar-refractivity contribution in [1.82, 2.24) is 19.6 Å². The van der Waals surface area contributed by atoms with Crippen molar-refractivity contribution in [1.29, 1.82) is 0 Å². The lowest BCUT2D eigenvalue weighted by Crippen LogP contribution is -2.01. The summed E-state index contributed by atoms with van der Waals surface area (Å²) in [6, 6.07) is 0. The Balaban J connectivity index is 1.95. The number of aromatic nitrogens is 4. The van der Waals surface area contributed by atoms with Crippen LogP contribution in [0.25, 0.3) is 0 Å². The van der Waals surface area contributed by atoms with Crippen LogP contribution in [0, 0.1) is 0 Å². The fourth-order valence-electron chi connectivity index (χ4n) is 0.835. The lowest BCUT2D eigenvalue weighted by molar-refractivity contribution is 1.05. The molecule has 0 radical (unpaired) electrons. The van der Waals surface area contributed by atoms with Gasteiger partial charge < -0.3 is 5.32 Å². The normalized spacial score (nSPS) is 10.1. The van der Waals surface area contributed by atoms with Crippen molar-refractivity contribution in [3.05, 3.63) is 27.9 Å². The summed E-state index contributed by atoms with van der Waals surface area (Å²) < 4.78 is 4.62. The topological polar surface area (TPSA) is 63.6 Å². The highest BCUT2D eigenvalue weighted by Gasteiger charge is 1.98. The zero-order valence-electron chi connectivity index (χ0n) is 7.01. The van der Waals surface area contributed by atoms with Gasteiger partial charge in [-0.25, -0.2) is 9.97 Å². The van der Waals surface area contributed by atoms with Gasteiger partial charge in [0.2, 0.25) is 5.95 Å². The average Bonchev–Trinajstić information content (AvgIpc) is 2.70. The van der Waals surface area contributed by atoms with Crippen LogP contribution in [-0.2, 0) is 6.54 Å². The first-order valence-electron chi connectivity index (χ1n) is 3.82. The molecule has 0 aliphatic rings. The van der Waals surface area contributed by atoms with E-state index in [-0.39, 0.29) is 0 Å². The Morgan fingerprint density at radius 2 is 2.07 bits per heavy atom. The van der Waals surface area contributed by atoms with Crippen LogP contribution in [0.3, 0.4) is 0 Å². The monoisotopic (exact) mass is 271 g/mol. The molecule has 72 valence electrons. The van der Waals surface area contributed by atoms with Crippen molar-refractivity contribution >= 4 is 33.4 Å². The molecule has 14 heavy (non-hydrogen) atoms. The van der Waals surface area contributed by atoms with E-state index in [9.17, 15) is 0 Å². The molecule has 0 spiro atoms. The Morgan fingerprint density at radius 3 is 2.71 bits per heavy atom. The third-order valence-corrected chi connectivity index (χ3v) is 2.52. The van der Waals surface area contributed by atoms with Crippen molar-refractivity contribution in [2.75, 3.05) is 5.32 Å². The zero-order chi connectivity index (χ0) is 9.80. The number of nitrogens with zero attached hydrogens (tertiary/aromatic N) is 4. The molecule has 0 fully saturated rings. The van der Waals surface area contributed by atoms with E-state index in [0.29, 0.717) is 12.5 Å². The van der Waals surface area contributed by atoms with Gasteiger partial charge in [-0.2, -0.15) is 0 Å². The Hall–Kier alpha value is -1.08. The van der Waals surface area contributed by atoms with E-state index < -0.39 is 0 Å². The first-order valence-corrected chi connectivity index (χ1v) is 5.39. The highest BCUT2D eigenvalue weighted by Crippen LogP contribution is 2.08. The molecule has 0 aromatic carbocycles. The van der Waals surface area contributed by atoms with Crippen molar-refractivity contribution in [2.24, 2.45) is 0 Å². The Kier molecular flexibility index (Phi) is 3.00. The fourth-order valence-corrected chi connectivity index (χ4v) is 1.47. The number of nitrogens with one attached hydrogen (secondary N) is 1. The lowest BCUT2D eigenvalue weighted by Gasteiger charge is -2.00. The molecule has 0 saturated heterocycles. The molecule has 1 N–H and O–H groups in total. The van der Waals surface area contributed by atoms with Gasteiger partial charge in [-0.05, 0) is 27.5 Å². The van der Waals surface area contributed by atoms with Crippen LogP contribution in [-0.4, -0.2) is 19.6 Å². The van der Waals surface area contributed by atoms with Gasteiger partial charge in [0.15, 0.2) is 0 Å². The molecular weight excluding hydrogens is 266 g/mol. The van der Waals surface area contributed by atoms with Crippen LogP contribution >= 0.6 is 27.5 Å². The maximum Gasteiger partial charge on any atom is 0.222 e. The number of hydrogen-bond donors (Lipinski definition) is 1. The van der Waals surface area contributed by atoms with Gasteiger partial charge in [-0.15, -0.1) is 5.10 Å². The minimum atomic E-state index is 0.599. The minimum Gasteiger partial charge on any atom is -0.349 e. The molecule has 0 unspecified atom stereocenters. The van der Waals surface area contributed by atoms with Crippen LogP contribution in [0.2, 0.25) is 0 Å². The summed E-state index contributed by atoms with van der Waals surface area (Å²) in [7, 11) is 0. The standard InChI is InChI=1S/C7H6BrN5S/c8-5-1-9-7(10-2-5)11-3-6-4-12-13-14-6/h1-2,4H,3H2,(H,9,10,11). The fraction of sp³-hybridized carbons (Fsp3) is 0.143. The van der Waals surface area contributed by atoms with E-state index in [1.165, 1.54) is 11.5 Å². The molecule has 0 saturated carbocycles. The molecule has 2 rings (SSSR count). The van der Waals surface area contributed by atoms with Gasteiger partial charge in [-0.3, -0.25) is 0 Å². The minimum absolute atomic E-state index is 0.599. The predicted octanol–water partition coefficient (Wildman–Crippen LogP) is 1.70. The summed E-state index contributed by atoms with van der Waals surface area (Å²) in [6.07, 6.45) is 5.11. The van der Waals surface area contributed by atoms with E-state index in [4.69, 9.17) is 0 Å². The Morgan fingerprint density at radius 1 is 1.29 bits per heavy atom. The summed E-state index contributed by atoms with van der Waals surface area (Å²) >= 11 is 4.62. The number of rotatable bonds is 3. The van der Waals surface area contributed by atoms with E-state index >= 15 is 0 Å². The van der Waals surface area contributed by atoms with Gasteiger partial charge in [0.25, 0.3) is 0 Å². The molecule has 7 heteroatoms. The largest absolute Gasteiger partial charge is 0.349 e. The molecular formula is C7H6BrN5S. The molecule has 5 nitrogen and oxygen atoms in total. The van der Waals surface area contributed by atoms with Crippen molar-refractivity contribution < 1.29 is 0 Å². The SMILES string of the molecule is Brc1cnc(NCc2cnns2)nc1. The molecule has 0 aliphatic heterocycles. The van der Waals surface area contributed by atoms with Gasteiger partial charge in [0.1, 0.15) is 0 Å². The van der Waals surface area contributed by atoms with Crippen molar-refractivity contribution in [3.8, 4) is 0 Å². The summed E-state index contributed by atoms with van der Waals surface area (Å²) in [4.78, 5) is 9.20. The molecule has 2 heterocycles. The lowest BCUT2D eigenvalue weighted by atomic mass is 10.5. The van der Waals surface area contributed by atoms with Crippen LogP contribution in [0.15, 0.2) is 23.1 Å². The quantitative estimate of drug-likeness (QED) is 0.921. The van der Waals surface area contributed by atoms with E-state index in [1.807, 2.05) is 0 Å². The third-order valence-electron chi connectivity index (χ3n) is 1.45.